The molecule has 0 N–H and O–H groups in total. The van der Waals surface area contributed by atoms with Crippen molar-refractivity contribution in [1.82, 2.24) is 0 Å². The fraction of sp³-hybridized carbons (Fsp3) is 0.667. The largest absolute Gasteiger partial charge is 0.494 e. The summed E-state index contributed by atoms with van der Waals surface area (Å²) in [6, 6.07) is 7.98. The second kappa shape index (κ2) is 12.8. The standard InChI is InChI=1S/C24H38O2/c1-3-5-7-9-21-11-13-22(14-12-21)10-8-20-26-24-17-15-23(16-18-24)25-19-6-4-2/h8,10,15-18,21-22H,3-7,9,11-14,19-20H2,1-2H3. The molecule has 0 bridgehead atoms. The topological polar surface area (TPSA) is 18.5 Å². The smallest absolute Gasteiger partial charge is 0.120 e. The summed E-state index contributed by atoms with van der Waals surface area (Å²) in [6.45, 7) is 5.92. The summed E-state index contributed by atoms with van der Waals surface area (Å²) in [4.78, 5) is 0. The third kappa shape index (κ3) is 8.29. The molecule has 1 saturated carbocycles. The van der Waals surface area contributed by atoms with Crippen molar-refractivity contribution in [2.75, 3.05) is 13.2 Å². The molecule has 0 aromatic heterocycles. The minimum Gasteiger partial charge on any atom is -0.494 e. The van der Waals surface area contributed by atoms with Gasteiger partial charge in [-0.2, -0.15) is 0 Å². The van der Waals surface area contributed by atoms with E-state index >= 15 is 0 Å². The van der Waals surface area contributed by atoms with E-state index in [4.69, 9.17) is 9.47 Å². The first-order valence-corrected chi connectivity index (χ1v) is 10.8. The van der Waals surface area contributed by atoms with Gasteiger partial charge in [0.15, 0.2) is 0 Å². The van der Waals surface area contributed by atoms with Gasteiger partial charge in [0.25, 0.3) is 0 Å². The van der Waals surface area contributed by atoms with Crippen LogP contribution in [-0.2, 0) is 0 Å². The Morgan fingerprint density at radius 1 is 0.846 bits per heavy atom. The Labute approximate surface area is 161 Å². The zero-order chi connectivity index (χ0) is 18.5. The lowest BCUT2D eigenvalue weighted by molar-refractivity contribution is 0.288. The monoisotopic (exact) mass is 358 g/mol. The van der Waals surface area contributed by atoms with Crippen molar-refractivity contribution in [3.8, 4) is 11.5 Å². The molecule has 0 aliphatic heterocycles. The van der Waals surface area contributed by atoms with Crippen molar-refractivity contribution in [2.45, 2.75) is 78.1 Å². The van der Waals surface area contributed by atoms with Crippen molar-refractivity contribution in [3.63, 3.8) is 0 Å². The molecule has 2 rings (SSSR count). The van der Waals surface area contributed by atoms with Crippen molar-refractivity contribution in [3.05, 3.63) is 36.4 Å². The van der Waals surface area contributed by atoms with Crippen LogP contribution in [0.5, 0.6) is 11.5 Å². The van der Waals surface area contributed by atoms with Crippen LogP contribution >= 0.6 is 0 Å². The Morgan fingerprint density at radius 3 is 2.15 bits per heavy atom. The molecule has 0 radical (unpaired) electrons. The number of hydrogen-bond donors (Lipinski definition) is 0. The number of ether oxygens (including phenoxy) is 2. The molecule has 0 heterocycles. The maximum atomic E-state index is 5.82. The minimum atomic E-state index is 0.659. The van der Waals surface area contributed by atoms with Crippen LogP contribution in [-0.4, -0.2) is 13.2 Å². The summed E-state index contributed by atoms with van der Waals surface area (Å²) >= 11 is 0. The van der Waals surface area contributed by atoms with Crippen molar-refractivity contribution in [2.24, 2.45) is 11.8 Å². The minimum absolute atomic E-state index is 0.659. The second-order valence-corrected chi connectivity index (χ2v) is 7.69. The molecular formula is C24H38O2. The number of unbranched alkanes of at least 4 members (excludes halogenated alkanes) is 3. The third-order valence-electron chi connectivity index (χ3n) is 5.45. The molecule has 1 fully saturated rings. The zero-order valence-electron chi connectivity index (χ0n) is 16.9. The number of rotatable bonds is 12. The molecule has 26 heavy (non-hydrogen) atoms. The van der Waals surface area contributed by atoms with Gasteiger partial charge in [0.1, 0.15) is 18.1 Å². The van der Waals surface area contributed by atoms with Gasteiger partial charge >= 0.3 is 0 Å². The molecule has 1 aromatic rings. The van der Waals surface area contributed by atoms with Crippen LogP contribution in [0.2, 0.25) is 0 Å². The van der Waals surface area contributed by atoms with Gasteiger partial charge in [-0.3, -0.25) is 0 Å². The van der Waals surface area contributed by atoms with E-state index in [1.54, 1.807) is 0 Å². The number of allylic oxidation sites excluding steroid dienone is 1. The molecule has 2 nitrogen and oxygen atoms in total. The third-order valence-corrected chi connectivity index (χ3v) is 5.45. The number of benzene rings is 1. The van der Waals surface area contributed by atoms with E-state index in [-0.39, 0.29) is 0 Å². The van der Waals surface area contributed by atoms with Gasteiger partial charge in [-0.15, -0.1) is 0 Å². The van der Waals surface area contributed by atoms with E-state index in [1.165, 1.54) is 51.4 Å². The lowest BCUT2D eigenvalue weighted by atomic mass is 9.79. The highest BCUT2D eigenvalue weighted by molar-refractivity contribution is 5.31. The van der Waals surface area contributed by atoms with Crippen LogP contribution in [0.25, 0.3) is 0 Å². The normalized spacial score (nSPS) is 20.4. The second-order valence-electron chi connectivity index (χ2n) is 7.69. The van der Waals surface area contributed by atoms with Crippen LogP contribution in [0, 0.1) is 11.8 Å². The van der Waals surface area contributed by atoms with Crippen LogP contribution < -0.4 is 9.47 Å². The van der Waals surface area contributed by atoms with Gasteiger partial charge in [0, 0.05) is 0 Å². The Balaban J connectivity index is 1.59. The highest BCUT2D eigenvalue weighted by Crippen LogP contribution is 2.32. The first-order valence-electron chi connectivity index (χ1n) is 10.8. The van der Waals surface area contributed by atoms with Crippen molar-refractivity contribution >= 4 is 0 Å². The van der Waals surface area contributed by atoms with Crippen LogP contribution in [0.3, 0.4) is 0 Å². The predicted octanol–water partition coefficient (Wildman–Crippen LogP) is 7.19. The van der Waals surface area contributed by atoms with E-state index in [2.05, 4.69) is 26.0 Å². The Hall–Kier alpha value is -1.44. The highest BCUT2D eigenvalue weighted by atomic mass is 16.5. The molecule has 1 aromatic carbocycles. The van der Waals surface area contributed by atoms with Gasteiger partial charge < -0.3 is 9.47 Å². The maximum absolute atomic E-state index is 5.82. The Kier molecular flexibility index (Phi) is 10.3. The van der Waals surface area contributed by atoms with Gasteiger partial charge in [-0.1, -0.05) is 58.1 Å². The number of hydrogen-bond acceptors (Lipinski definition) is 2. The quantitative estimate of drug-likeness (QED) is 0.291. The van der Waals surface area contributed by atoms with Gasteiger partial charge in [-0.05, 0) is 68.2 Å². The van der Waals surface area contributed by atoms with E-state index < -0.39 is 0 Å². The molecule has 0 amide bonds. The van der Waals surface area contributed by atoms with Crippen molar-refractivity contribution < 1.29 is 9.47 Å². The van der Waals surface area contributed by atoms with Crippen molar-refractivity contribution in [1.29, 1.82) is 0 Å². The average molecular weight is 359 g/mol. The summed E-state index contributed by atoms with van der Waals surface area (Å²) in [5, 5.41) is 0. The highest BCUT2D eigenvalue weighted by Gasteiger charge is 2.18. The zero-order valence-corrected chi connectivity index (χ0v) is 16.9. The van der Waals surface area contributed by atoms with Gasteiger partial charge in [-0.25, -0.2) is 0 Å². The fourth-order valence-electron chi connectivity index (χ4n) is 3.71. The summed E-state index contributed by atoms with van der Waals surface area (Å²) in [5.74, 6) is 3.59. The molecule has 0 spiro atoms. The van der Waals surface area contributed by atoms with E-state index in [0.29, 0.717) is 6.61 Å². The molecule has 0 atom stereocenters. The van der Waals surface area contributed by atoms with E-state index in [0.717, 1.165) is 42.8 Å². The fourth-order valence-corrected chi connectivity index (χ4v) is 3.71. The summed E-state index contributed by atoms with van der Waals surface area (Å²) in [5.41, 5.74) is 0. The van der Waals surface area contributed by atoms with Crippen LogP contribution in [0.1, 0.15) is 78.1 Å². The first kappa shape index (κ1) is 20.9. The Bertz CT molecular complexity index is 483. The predicted molar refractivity (Wildman–Crippen MR) is 111 cm³/mol. The Morgan fingerprint density at radius 2 is 1.50 bits per heavy atom. The lowest BCUT2D eigenvalue weighted by Gasteiger charge is -2.26. The molecule has 146 valence electrons. The molecule has 0 saturated heterocycles. The summed E-state index contributed by atoms with van der Waals surface area (Å²) in [7, 11) is 0. The molecule has 0 unspecified atom stereocenters. The van der Waals surface area contributed by atoms with Crippen LogP contribution in [0.4, 0.5) is 0 Å². The van der Waals surface area contributed by atoms with E-state index in [1.807, 2.05) is 24.3 Å². The molecule has 1 aliphatic carbocycles. The van der Waals surface area contributed by atoms with Gasteiger partial charge in [0.2, 0.25) is 0 Å². The lowest BCUT2D eigenvalue weighted by Crippen LogP contribution is -2.13. The summed E-state index contributed by atoms with van der Waals surface area (Å²) in [6.07, 6.45) is 18.0. The first-order chi connectivity index (χ1) is 12.8. The SMILES string of the molecule is CCCCCC1CCC(C=CCOc2ccc(OCCCC)cc2)CC1. The molecule has 1 aliphatic rings. The average Bonchev–Trinajstić information content (AvgIpc) is 2.68. The maximum Gasteiger partial charge on any atom is 0.120 e. The molecule has 2 heteroatoms. The molecular weight excluding hydrogens is 320 g/mol. The van der Waals surface area contributed by atoms with Gasteiger partial charge in [0.05, 0.1) is 6.61 Å². The van der Waals surface area contributed by atoms with E-state index in [9.17, 15) is 0 Å². The summed E-state index contributed by atoms with van der Waals surface area (Å²) < 4.78 is 11.5. The van der Waals surface area contributed by atoms with Crippen LogP contribution in [0.15, 0.2) is 36.4 Å².